The molecule has 0 bridgehead atoms. The van der Waals surface area contributed by atoms with Crippen LogP contribution < -0.4 is 5.32 Å². The average Bonchev–Trinajstić information content (AvgIpc) is 2.73. The molecule has 0 aromatic heterocycles. The van der Waals surface area contributed by atoms with Crippen molar-refractivity contribution in [2.75, 3.05) is 6.61 Å². The van der Waals surface area contributed by atoms with Crippen LogP contribution in [0.2, 0.25) is 0 Å². The minimum Gasteiger partial charge on any atom is -0.394 e. The van der Waals surface area contributed by atoms with Crippen LogP contribution >= 0.6 is 0 Å². The van der Waals surface area contributed by atoms with E-state index in [0.29, 0.717) is 6.42 Å². The van der Waals surface area contributed by atoms with Gasteiger partial charge in [0.2, 0.25) is 5.91 Å². The second-order valence-electron chi connectivity index (χ2n) is 8.63. The van der Waals surface area contributed by atoms with Gasteiger partial charge in [-0.3, -0.25) is 4.79 Å². The molecule has 0 rings (SSSR count). The highest BCUT2D eigenvalue weighted by Crippen LogP contribution is 2.11. The molecule has 0 heterocycles. The zero-order valence-corrected chi connectivity index (χ0v) is 19.7. The Balaban J connectivity index is 3.32. The molecule has 0 aliphatic heterocycles. The Bertz CT molecular complexity index is 368. The topological polar surface area (TPSA) is 49.3 Å². The molecule has 0 aliphatic rings. The molecule has 1 amide bonds. The predicted molar refractivity (Wildman–Crippen MR) is 127 cm³/mol. The molecule has 0 saturated heterocycles. The highest BCUT2D eigenvalue weighted by Gasteiger charge is 2.10. The number of rotatable bonds is 22. The Morgan fingerprint density at radius 3 is 1.72 bits per heavy atom. The van der Waals surface area contributed by atoms with Gasteiger partial charge < -0.3 is 10.4 Å². The van der Waals surface area contributed by atoms with Crippen molar-refractivity contribution in [3.05, 3.63) is 12.2 Å². The molecule has 0 radical (unpaired) electrons. The van der Waals surface area contributed by atoms with E-state index in [1.165, 1.54) is 83.5 Å². The Labute approximate surface area is 182 Å². The summed E-state index contributed by atoms with van der Waals surface area (Å²) in [6.45, 7) is 4.46. The first kappa shape index (κ1) is 28.2. The first-order chi connectivity index (χ1) is 14.2. The summed E-state index contributed by atoms with van der Waals surface area (Å²) in [5, 5.41) is 12.3. The number of hydrogen-bond acceptors (Lipinski definition) is 2. The van der Waals surface area contributed by atoms with Crippen LogP contribution in [0.15, 0.2) is 12.2 Å². The lowest BCUT2D eigenvalue weighted by atomic mass is 10.1. The van der Waals surface area contributed by atoms with Crippen LogP contribution in [0.1, 0.15) is 136 Å². The largest absolute Gasteiger partial charge is 0.394 e. The van der Waals surface area contributed by atoms with Crippen LogP contribution in [0.3, 0.4) is 0 Å². The lowest BCUT2D eigenvalue weighted by molar-refractivity contribution is -0.122. The smallest absolute Gasteiger partial charge is 0.220 e. The van der Waals surface area contributed by atoms with Gasteiger partial charge in [-0.2, -0.15) is 0 Å². The average molecular weight is 410 g/mol. The third-order valence-corrected chi connectivity index (χ3v) is 5.66. The van der Waals surface area contributed by atoms with Crippen molar-refractivity contribution in [3.63, 3.8) is 0 Å². The molecule has 1 unspecified atom stereocenters. The van der Waals surface area contributed by atoms with E-state index in [9.17, 15) is 9.90 Å². The van der Waals surface area contributed by atoms with Crippen LogP contribution in [0.5, 0.6) is 0 Å². The van der Waals surface area contributed by atoms with Crippen LogP contribution in [-0.4, -0.2) is 23.7 Å². The highest BCUT2D eigenvalue weighted by atomic mass is 16.3. The summed E-state index contributed by atoms with van der Waals surface area (Å²) >= 11 is 0. The Morgan fingerprint density at radius 2 is 1.21 bits per heavy atom. The third-order valence-electron chi connectivity index (χ3n) is 5.66. The molecule has 0 aliphatic carbocycles. The van der Waals surface area contributed by atoms with Crippen molar-refractivity contribution >= 4 is 5.91 Å². The zero-order valence-electron chi connectivity index (χ0n) is 19.7. The van der Waals surface area contributed by atoms with Crippen LogP contribution in [0, 0.1) is 0 Å². The summed E-state index contributed by atoms with van der Waals surface area (Å²) in [5.41, 5.74) is 0. The Morgan fingerprint density at radius 1 is 0.724 bits per heavy atom. The van der Waals surface area contributed by atoms with E-state index in [1.54, 1.807) is 0 Å². The van der Waals surface area contributed by atoms with E-state index in [4.69, 9.17) is 0 Å². The van der Waals surface area contributed by atoms with Crippen molar-refractivity contribution in [2.45, 2.75) is 142 Å². The highest BCUT2D eigenvalue weighted by molar-refractivity contribution is 5.76. The van der Waals surface area contributed by atoms with E-state index in [-0.39, 0.29) is 18.6 Å². The summed E-state index contributed by atoms with van der Waals surface area (Å²) in [6, 6.07) is -0.0534. The van der Waals surface area contributed by atoms with Crippen LogP contribution in [-0.2, 0) is 4.79 Å². The number of unbranched alkanes of at least 4 members (excludes halogenated alkanes) is 14. The van der Waals surface area contributed by atoms with Gasteiger partial charge in [0.25, 0.3) is 0 Å². The summed E-state index contributed by atoms with van der Waals surface area (Å²) in [4.78, 5) is 11.9. The summed E-state index contributed by atoms with van der Waals surface area (Å²) in [7, 11) is 0. The SMILES string of the molecule is CCCCCCCCC=CCCCCCCCCCC(=O)NC(CO)CCCC. The number of hydrogen-bond donors (Lipinski definition) is 2. The lowest BCUT2D eigenvalue weighted by Crippen LogP contribution is -2.37. The fourth-order valence-corrected chi connectivity index (χ4v) is 3.67. The Hall–Kier alpha value is -0.830. The number of nitrogens with one attached hydrogen (secondary N) is 1. The van der Waals surface area contributed by atoms with Crippen molar-refractivity contribution in [2.24, 2.45) is 0 Å². The molecule has 0 aromatic carbocycles. The van der Waals surface area contributed by atoms with Gasteiger partial charge in [-0.15, -0.1) is 0 Å². The van der Waals surface area contributed by atoms with E-state index in [2.05, 4.69) is 31.3 Å². The number of carbonyl (C=O) groups excluding carboxylic acids is 1. The minimum absolute atomic E-state index is 0.0534. The van der Waals surface area contributed by atoms with Gasteiger partial charge in [0.05, 0.1) is 12.6 Å². The molecule has 3 nitrogen and oxygen atoms in total. The minimum atomic E-state index is -0.0534. The monoisotopic (exact) mass is 409 g/mol. The molecular weight excluding hydrogens is 358 g/mol. The summed E-state index contributed by atoms with van der Waals surface area (Å²) in [6.07, 6.45) is 27.8. The fraction of sp³-hybridized carbons (Fsp3) is 0.885. The van der Waals surface area contributed by atoms with Crippen molar-refractivity contribution < 1.29 is 9.90 Å². The van der Waals surface area contributed by atoms with E-state index in [1.807, 2.05) is 0 Å². The standard InChI is InChI=1S/C26H51NO2/c1-3-5-7-8-9-10-11-12-13-14-15-16-17-18-19-20-21-23-26(29)27-25(24-28)22-6-4-2/h12-13,25,28H,3-11,14-24H2,1-2H3,(H,27,29). The molecule has 2 N–H and O–H groups in total. The Kier molecular flexibility index (Phi) is 22.8. The van der Waals surface area contributed by atoms with Crippen molar-refractivity contribution in [1.29, 1.82) is 0 Å². The molecule has 0 fully saturated rings. The summed E-state index contributed by atoms with van der Waals surface area (Å²) < 4.78 is 0. The van der Waals surface area contributed by atoms with E-state index >= 15 is 0 Å². The number of aliphatic hydroxyl groups is 1. The normalized spacial score (nSPS) is 12.5. The third kappa shape index (κ3) is 21.7. The molecule has 29 heavy (non-hydrogen) atoms. The predicted octanol–water partition coefficient (Wildman–Crippen LogP) is 7.47. The first-order valence-electron chi connectivity index (χ1n) is 12.8. The van der Waals surface area contributed by atoms with Gasteiger partial charge in [-0.25, -0.2) is 0 Å². The van der Waals surface area contributed by atoms with Gasteiger partial charge in [-0.05, 0) is 38.5 Å². The molecule has 1 atom stereocenters. The number of carbonyl (C=O) groups is 1. The molecular formula is C26H51NO2. The van der Waals surface area contributed by atoms with Gasteiger partial charge in [0, 0.05) is 6.42 Å². The van der Waals surface area contributed by atoms with Crippen LogP contribution in [0.25, 0.3) is 0 Å². The molecule has 0 spiro atoms. The molecule has 172 valence electrons. The second-order valence-corrected chi connectivity index (χ2v) is 8.63. The van der Waals surface area contributed by atoms with Gasteiger partial charge in [0.15, 0.2) is 0 Å². The molecule has 0 aromatic rings. The number of allylic oxidation sites excluding steroid dienone is 2. The van der Waals surface area contributed by atoms with E-state index in [0.717, 1.165) is 32.1 Å². The van der Waals surface area contributed by atoms with E-state index < -0.39 is 0 Å². The maximum absolute atomic E-state index is 11.9. The first-order valence-corrected chi connectivity index (χ1v) is 12.8. The quantitative estimate of drug-likeness (QED) is 0.144. The summed E-state index contributed by atoms with van der Waals surface area (Å²) in [5.74, 6) is 0.105. The van der Waals surface area contributed by atoms with Gasteiger partial charge in [0.1, 0.15) is 0 Å². The molecule has 0 saturated carbocycles. The number of aliphatic hydroxyl groups excluding tert-OH is 1. The lowest BCUT2D eigenvalue weighted by Gasteiger charge is -2.15. The maximum atomic E-state index is 11.9. The number of amides is 1. The van der Waals surface area contributed by atoms with Gasteiger partial charge in [-0.1, -0.05) is 103 Å². The van der Waals surface area contributed by atoms with Crippen LogP contribution in [0.4, 0.5) is 0 Å². The zero-order chi connectivity index (χ0) is 21.4. The van der Waals surface area contributed by atoms with Crippen molar-refractivity contribution in [1.82, 2.24) is 5.32 Å². The fourth-order valence-electron chi connectivity index (χ4n) is 3.67. The van der Waals surface area contributed by atoms with Gasteiger partial charge >= 0.3 is 0 Å². The second kappa shape index (κ2) is 23.4. The molecule has 3 heteroatoms. The van der Waals surface area contributed by atoms with Crippen molar-refractivity contribution in [3.8, 4) is 0 Å². The maximum Gasteiger partial charge on any atom is 0.220 e.